The highest BCUT2D eigenvalue weighted by atomic mass is 19.1. The number of rotatable bonds is 9. The zero-order valence-corrected chi connectivity index (χ0v) is 32.2. The highest BCUT2D eigenvalue weighted by Crippen LogP contribution is 2.26. The molecule has 14 nitrogen and oxygen atoms in total. The molecule has 0 spiro atoms. The van der Waals surface area contributed by atoms with Crippen LogP contribution >= 0.6 is 0 Å². The van der Waals surface area contributed by atoms with E-state index in [4.69, 9.17) is 10.5 Å². The number of aromatic nitrogens is 4. The Morgan fingerprint density at radius 1 is 0.776 bits per heavy atom. The molecule has 0 saturated carbocycles. The van der Waals surface area contributed by atoms with E-state index in [0.717, 1.165) is 49.9 Å². The molecular formula is C43H46FN9O5. The topological polar surface area (TPSA) is 171 Å². The van der Waals surface area contributed by atoms with E-state index in [1.54, 1.807) is 63.6 Å². The maximum Gasteiger partial charge on any atom is 0.274 e. The van der Waals surface area contributed by atoms with Crippen LogP contribution in [0.15, 0.2) is 84.0 Å². The number of anilines is 1. The highest BCUT2D eigenvalue weighted by Gasteiger charge is 2.31. The third kappa shape index (κ3) is 8.60. The number of aromatic amines is 1. The first-order chi connectivity index (χ1) is 28.2. The van der Waals surface area contributed by atoms with Gasteiger partial charge in [-0.15, -0.1) is 0 Å². The maximum atomic E-state index is 15.0. The molecule has 0 radical (unpaired) electrons. The second kappa shape index (κ2) is 17.2. The summed E-state index contributed by atoms with van der Waals surface area (Å²) in [5, 5.41) is 7.96. The number of carbonyl (C=O) groups is 3. The molecule has 3 aliphatic heterocycles. The second-order valence-corrected chi connectivity index (χ2v) is 15.2. The molecule has 300 valence electrons. The van der Waals surface area contributed by atoms with Crippen LogP contribution in [-0.2, 0) is 16.0 Å². The molecule has 3 amide bonds. The summed E-state index contributed by atoms with van der Waals surface area (Å²) < 4.78 is 21.5. The van der Waals surface area contributed by atoms with Gasteiger partial charge in [0.25, 0.3) is 17.4 Å². The molecule has 0 aliphatic carbocycles. The predicted octanol–water partition coefficient (Wildman–Crippen LogP) is 3.76. The highest BCUT2D eigenvalue weighted by molar-refractivity contribution is 5.98. The Hall–Kier alpha value is -6.06. The monoisotopic (exact) mass is 787 g/mol. The first-order valence-corrected chi connectivity index (χ1v) is 19.8. The van der Waals surface area contributed by atoms with Crippen molar-refractivity contribution in [1.29, 1.82) is 0 Å². The predicted molar refractivity (Wildman–Crippen MR) is 215 cm³/mol. The molecule has 3 N–H and O–H groups in total. The number of H-pyrrole nitrogens is 1. The van der Waals surface area contributed by atoms with Gasteiger partial charge >= 0.3 is 0 Å². The van der Waals surface area contributed by atoms with Crippen LogP contribution in [0, 0.1) is 5.82 Å². The number of hydrogen-bond acceptors (Lipinski definition) is 10. The first kappa shape index (κ1) is 38.8. The molecule has 2 aromatic carbocycles. The van der Waals surface area contributed by atoms with Crippen molar-refractivity contribution in [2.75, 3.05) is 64.6 Å². The third-order valence-electron chi connectivity index (χ3n) is 11.4. The zero-order chi connectivity index (χ0) is 40.2. The van der Waals surface area contributed by atoms with Crippen LogP contribution in [0.3, 0.4) is 0 Å². The van der Waals surface area contributed by atoms with E-state index in [1.807, 2.05) is 24.3 Å². The summed E-state index contributed by atoms with van der Waals surface area (Å²) in [5.74, 6) is -1.19. The van der Waals surface area contributed by atoms with Crippen molar-refractivity contribution in [3.63, 3.8) is 0 Å². The van der Waals surface area contributed by atoms with Crippen molar-refractivity contribution in [3.8, 4) is 11.1 Å². The Labute approximate surface area is 334 Å². The third-order valence-corrected chi connectivity index (χ3v) is 11.4. The van der Waals surface area contributed by atoms with Crippen LogP contribution in [0.1, 0.15) is 57.8 Å². The largest absolute Gasteiger partial charge is 0.397 e. The van der Waals surface area contributed by atoms with Crippen LogP contribution < -0.4 is 11.3 Å². The van der Waals surface area contributed by atoms with Crippen LogP contribution in [0.25, 0.3) is 21.9 Å². The molecule has 58 heavy (non-hydrogen) atoms. The Bertz CT molecular complexity index is 2350. The molecule has 0 unspecified atom stereocenters. The van der Waals surface area contributed by atoms with Crippen LogP contribution in [0.5, 0.6) is 0 Å². The fourth-order valence-electron chi connectivity index (χ4n) is 8.14. The number of amides is 3. The van der Waals surface area contributed by atoms with Gasteiger partial charge in [0.15, 0.2) is 5.69 Å². The molecule has 6 heterocycles. The van der Waals surface area contributed by atoms with E-state index in [2.05, 4.69) is 25.1 Å². The maximum absolute atomic E-state index is 15.0. The number of fused-ring (bicyclic) bond motifs is 1. The minimum absolute atomic E-state index is 0.0131. The van der Waals surface area contributed by atoms with Gasteiger partial charge in [0.05, 0.1) is 41.1 Å². The standard InChI is InChI=1S/C43H46FN9O5/c44-36-8-7-28(23-38-33-5-1-2-6-34(33)41(55)49-48-38)22-35(36)42(56)53-20-18-51(19-21-53)39(54)27-50-14-9-31(10-15-50)58-32-11-16-52(17-12-32)43(57)40-37(45)24-30(26-47-40)29-4-3-13-46-25-29/h1-8,13,22,24-26,31-32H,9-12,14-21,23,27,45H2,(H,49,55). The molecule has 3 aromatic heterocycles. The van der Waals surface area contributed by atoms with Gasteiger partial charge in [-0.1, -0.05) is 30.3 Å². The van der Waals surface area contributed by atoms with Gasteiger partial charge in [-0.2, -0.15) is 5.10 Å². The second-order valence-electron chi connectivity index (χ2n) is 15.2. The van der Waals surface area contributed by atoms with Crippen molar-refractivity contribution in [2.45, 2.75) is 44.3 Å². The molecule has 3 aliphatic rings. The summed E-state index contributed by atoms with van der Waals surface area (Å²) >= 11 is 0. The number of hydrogen-bond donors (Lipinski definition) is 2. The Morgan fingerprint density at radius 2 is 1.47 bits per heavy atom. The number of piperazine rings is 1. The number of nitrogens with two attached hydrogens (primary N) is 1. The molecule has 5 aromatic rings. The number of nitrogens with zero attached hydrogens (tertiary/aromatic N) is 7. The van der Waals surface area contributed by atoms with Gasteiger partial charge < -0.3 is 25.2 Å². The molecule has 0 bridgehead atoms. The van der Waals surface area contributed by atoms with Gasteiger partial charge in [-0.25, -0.2) is 14.5 Å². The van der Waals surface area contributed by atoms with Gasteiger partial charge in [-0.05, 0) is 61.6 Å². The number of benzene rings is 2. The summed E-state index contributed by atoms with van der Waals surface area (Å²) in [6.45, 7) is 4.28. The average Bonchev–Trinajstić information content (AvgIpc) is 3.26. The number of pyridine rings is 2. The van der Waals surface area contributed by atoms with E-state index >= 15 is 4.39 Å². The number of halogens is 1. The SMILES string of the molecule is Nc1cc(-c2cccnc2)cnc1C(=O)N1CCC(OC2CCN(CC(=O)N3CCN(C(=O)c4cc(Cc5n[nH]c(=O)c6ccccc56)ccc4F)CC3)CC2)CC1. The number of ether oxygens (including phenoxy) is 1. The normalized spacial score (nSPS) is 17.2. The number of nitrogen functional groups attached to an aromatic ring is 1. The van der Waals surface area contributed by atoms with Crippen molar-refractivity contribution in [2.24, 2.45) is 0 Å². The lowest BCUT2D eigenvalue weighted by atomic mass is 10.0. The van der Waals surface area contributed by atoms with Crippen LogP contribution in [-0.4, -0.2) is 129 Å². The van der Waals surface area contributed by atoms with Crippen LogP contribution in [0.4, 0.5) is 10.1 Å². The van der Waals surface area contributed by atoms with E-state index in [0.29, 0.717) is 80.0 Å². The van der Waals surface area contributed by atoms with E-state index in [9.17, 15) is 19.2 Å². The molecule has 3 fully saturated rings. The average molecular weight is 788 g/mol. The lowest BCUT2D eigenvalue weighted by Crippen LogP contribution is -2.53. The quantitative estimate of drug-likeness (QED) is 0.224. The Morgan fingerprint density at radius 3 is 2.17 bits per heavy atom. The summed E-state index contributed by atoms with van der Waals surface area (Å²) in [7, 11) is 0. The summed E-state index contributed by atoms with van der Waals surface area (Å²) in [4.78, 5) is 68.1. The van der Waals surface area contributed by atoms with Gasteiger partial charge in [-0.3, -0.25) is 29.1 Å². The smallest absolute Gasteiger partial charge is 0.274 e. The van der Waals surface area contributed by atoms with E-state index < -0.39 is 11.7 Å². The van der Waals surface area contributed by atoms with Crippen molar-refractivity contribution >= 4 is 34.2 Å². The summed E-state index contributed by atoms with van der Waals surface area (Å²) in [5.41, 5.74) is 9.56. The van der Waals surface area contributed by atoms with E-state index in [1.165, 1.54) is 6.07 Å². The number of carbonyl (C=O) groups excluding carboxylic acids is 3. The lowest BCUT2D eigenvalue weighted by molar-refractivity contribution is -0.135. The fraction of sp³-hybridized carbons (Fsp3) is 0.372. The zero-order valence-electron chi connectivity index (χ0n) is 32.2. The van der Waals surface area contributed by atoms with Crippen LogP contribution in [0.2, 0.25) is 0 Å². The number of likely N-dealkylation sites (tertiary alicyclic amines) is 2. The molecule has 15 heteroatoms. The Kier molecular flexibility index (Phi) is 11.5. The van der Waals surface area contributed by atoms with E-state index in [-0.39, 0.29) is 40.8 Å². The van der Waals surface area contributed by atoms with Gasteiger partial charge in [0.2, 0.25) is 5.91 Å². The number of piperidine rings is 2. The van der Waals surface area contributed by atoms with Crippen molar-refractivity contribution in [3.05, 3.63) is 118 Å². The van der Waals surface area contributed by atoms with Crippen molar-refractivity contribution < 1.29 is 23.5 Å². The molecule has 3 saturated heterocycles. The first-order valence-electron chi connectivity index (χ1n) is 19.8. The Balaban J connectivity index is 0.759. The molecular weight excluding hydrogens is 742 g/mol. The van der Waals surface area contributed by atoms with Crippen molar-refractivity contribution in [1.82, 2.24) is 39.8 Å². The number of nitrogens with one attached hydrogen (secondary N) is 1. The fourth-order valence-corrected chi connectivity index (χ4v) is 8.14. The van der Waals surface area contributed by atoms with Gasteiger partial charge in [0, 0.05) is 93.9 Å². The summed E-state index contributed by atoms with van der Waals surface area (Å²) in [6, 6.07) is 17.1. The molecule has 8 rings (SSSR count). The lowest BCUT2D eigenvalue weighted by Gasteiger charge is -2.38. The molecule has 0 atom stereocenters. The summed E-state index contributed by atoms with van der Waals surface area (Å²) in [6.07, 6.45) is 8.65. The minimum Gasteiger partial charge on any atom is -0.397 e. The van der Waals surface area contributed by atoms with Gasteiger partial charge in [0.1, 0.15) is 5.82 Å². The minimum atomic E-state index is -0.609.